The van der Waals surface area contributed by atoms with E-state index in [1.807, 2.05) is 48.5 Å². The van der Waals surface area contributed by atoms with Gasteiger partial charge < -0.3 is 11.5 Å². The van der Waals surface area contributed by atoms with Gasteiger partial charge in [-0.25, -0.2) is 0 Å². The molecular weight excluding hydrogens is 460 g/mol. The Kier molecular flexibility index (Phi) is 13.2. The Morgan fingerprint density at radius 2 is 1.03 bits per heavy atom. The van der Waals surface area contributed by atoms with Gasteiger partial charge in [0, 0.05) is 9.79 Å². The van der Waals surface area contributed by atoms with Crippen molar-refractivity contribution in [2.45, 2.75) is 99.7 Å². The maximum atomic E-state index is 12.3. The average molecular weight is 501 g/mol. The topological polar surface area (TPSA) is 86.2 Å². The fourth-order valence-corrected chi connectivity index (χ4v) is 6.74. The Bertz CT molecular complexity index is 830. The zero-order valence-corrected chi connectivity index (χ0v) is 22.3. The number of carbonyl (C=O) groups is 2. The Morgan fingerprint density at radius 1 is 0.647 bits per heavy atom. The maximum Gasteiger partial charge on any atom is 0.225 e. The first-order valence-electron chi connectivity index (χ1n) is 12.6. The third-order valence-electron chi connectivity index (χ3n) is 6.19. The van der Waals surface area contributed by atoms with Crippen LogP contribution in [0.5, 0.6) is 0 Å². The first-order valence-corrected chi connectivity index (χ1v) is 14.8. The van der Waals surface area contributed by atoms with E-state index in [1.54, 1.807) is 21.6 Å². The molecule has 6 heteroatoms. The number of hydrogen-bond acceptors (Lipinski definition) is 4. The molecule has 2 amide bonds. The summed E-state index contributed by atoms with van der Waals surface area (Å²) in [5.41, 5.74) is 13.6. The quantitative estimate of drug-likeness (QED) is 0.173. The molecule has 0 bridgehead atoms. The van der Waals surface area contributed by atoms with E-state index < -0.39 is 0 Å². The van der Waals surface area contributed by atoms with Gasteiger partial charge >= 0.3 is 0 Å². The lowest BCUT2D eigenvalue weighted by molar-refractivity contribution is -0.120. The highest BCUT2D eigenvalue weighted by molar-refractivity contribution is 8.76. The monoisotopic (exact) mass is 500 g/mol. The van der Waals surface area contributed by atoms with Gasteiger partial charge in [-0.2, -0.15) is 0 Å². The zero-order valence-electron chi connectivity index (χ0n) is 20.6. The number of rotatable bonds is 17. The summed E-state index contributed by atoms with van der Waals surface area (Å²) in [6.07, 6.45) is 10.4. The summed E-state index contributed by atoms with van der Waals surface area (Å²) in [7, 11) is 3.24. The van der Waals surface area contributed by atoms with Gasteiger partial charge in [-0.05, 0) is 36.1 Å². The molecule has 2 atom stereocenters. The van der Waals surface area contributed by atoms with Gasteiger partial charge in [0.15, 0.2) is 0 Å². The van der Waals surface area contributed by atoms with E-state index in [0.717, 1.165) is 72.3 Å². The highest BCUT2D eigenvalue weighted by Gasteiger charge is 2.23. The molecule has 0 radical (unpaired) electrons. The van der Waals surface area contributed by atoms with Crippen molar-refractivity contribution in [1.29, 1.82) is 0 Å². The molecule has 34 heavy (non-hydrogen) atoms. The SMILES string of the molecule is CCCCCCC(C(N)=O)c1ccccc1SSc1ccccc1C(CCCCCC)C(N)=O. The van der Waals surface area contributed by atoms with Crippen molar-refractivity contribution < 1.29 is 9.59 Å². The standard InChI is InChI=1S/C28H40N2O2S2/c1-3-5-7-9-17-23(27(29)31)21-15-11-13-19-25(21)33-34-26-20-14-12-16-22(26)24(28(30)32)18-10-8-6-4-2/h11-16,19-20,23-24H,3-10,17-18H2,1-2H3,(H2,29,31)(H2,30,32). The molecule has 2 rings (SSSR count). The molecule has 0 aliphatic rings. The number of primary amides is 2. The van der Waals surface area contributed by atoms with Crippen LogP contribution in [0.2, 0.25) is 0 Å². The van der Waals surface area contributed by atoms with Gasteiger partial charge in [0.05, 0.1) is 11.8 Å². The first kappa shape index (κ1) is 28.3. The fourth-order valence-electron chi connectivity index (χ4n) is 4.23. The van der Waals surface area contributed by atoms with Crippen LogP contribution in [-0.2, 0) is 9.59 Å². The predicted molar refractivity (Wildman–Crippen MR) is 146 cm³/mol. The van der Waals surface area contributed by atoms with Crippen LogP contribution in [0.25, 0.3) is 0 Å². The lowest BCUT2D eigenvalue weighted by atomic mass is 9.92. The summed E-state index contributed by atoms with van der Waals surface area (Å²) in [6, 6.07) is 16.1. The third-order valence-corrected chi connectivity index (χ3v) is 8.70. The molecule has 186 valence electrons. The fraction of sp³-hybridized carbons (Fsp3) is 0.500. The van der Waals surface area contributed by atoms with Crippen molar-refractivity contribution in [3.63, 3.8) is 0 Å². The van der Waals surface area contributed by atoms with Crippen molar-refractivity contribution >= 4 is 33.4 Å². The van der Waals surface area contributed by atoms with Crippen LogP contribution in [0, 0.1) is 0 Å². The van der Waals surface area contributed by atoms with Crippen molar-refractivity contribution in [2.75, 3.05) is 0 Å². The van der Waals surface area contributed by atoms with Crippen molar-refractivity contribution in [2.24, 2.45) is 11.5 Å². The summed E-state index contributed by atoms with van der Waals surface area (Å²) in [4.78, 5) is 26.7. The number of nitrogens with two attached hydrogens (primary N) is 2. The number of amides is 2. The van der Waals surface area contributed by atoms with E-state index in [2.05, 4.69) is 13.8 Å². The van der Waals surface area contributed by atoms with Crippen molar-refractivity contribution in [3.05, 3.63) is 59.7 Å². The smallest absolute Gasteiger partial charge is 0.225 e. The second-order valence-electron chi connectivity index (χ2n) is 8.85. The molecule has 0 saturated carbocycles. The third kappa shape index (κ3) is 9.03. The van der Waals surface area contributed by atoms with Crippen LogP contribution in [0.15, 0.2) is 58.3 Å². The molecule has 0 spiro atoms. The summed E-state index contributed by atoms with van der Waals surface area (Å²) in [5.74, 6) is -1.10. The molecule has 0 heterocycles. The maximum absolute atomic E-state index is 12.3. The molecule has 0 aromatic heterocycles. The first-order chi connectivity index (χ1) is 16.5. The zero-order chi connectivity index (χ0) is 24.8. The van der Waals surface area contributed by atoms with E-state index in [1.165, 1.54) is 12.8 Å². The van der Waals surface area contributed by atoms with Crippen LogP contribution >= 0.6 is 21.6 Å². The number of carbonyl (C=O) groups excluding carboxylic acids is 2. The molecule has 0 aliphatic carbocycles. The Morgan fingerprint density at radius 3 is 1.38 bits per heavy atom. The lowest BCUT2D eigenvalue weighted by Crippen LogP contribution is -2.22. The highest BCUT2D eigenvalue weighted by atomic mass is 33.1. The van der Waals surface area contributed by atoms with Gasteiger partial charge in [-0.15, -0.1) is 0 Å². The minimum atomic E-state index is -0.284. The second kappa shape index (κ2) is 15.9. The molecule has 2 unspecified atom stereocenters. The molecule has 4 N–H and O–H groups in total. The largest absolute Gasteiger partial charge is 0.369 e. The molecule has 0 aliphatic heterocycles. The van der Waals surface area contributed by atoms with Gasteiger partial charge in [-0.3, -0.25) is 9.59 Å². The Labute approximate surface area is 213 Å². The van der Waals surface area contributed by atoms with E-state index in [-0.39, 0.29) is 23.7 Å². The van der Waals surface area contributed by atoms with Gasteiger partial charge in [-0.1, -0.05) is 123 Å². The van der Waals surface area contributed by atoms with Crippen LogP contribution in [-0.4, -0.2) is 11.8 Å². The Balaban J connectivity index is 2.18. The number of hydrogen-bond donors (Lipinski definition) is 2. The van der Waals surface area contributed by atoms with Gasteiger partial charge in [0.2, 0.25) is 11.8 Å². The highest BCUT2D eigenvalue weighted by Crippen LogP contribution is 2.44. The van der Waals surface area contributed by atoms with Crippen molar-refractivity contribution in [1.82, 2.24) is 0 Å². The molecule has 2 aromatic carbocycles. The number of unbranched alkanes of at least 4 members (excludes halogenated alkanes) is 6. The van der Waals surface area contributed by atoms with Crippen molar-refractivity contribution in [3.8, 4) is 0 Å². The minimum Gasteiger partial charge on any atom is -0.369 e. The van der Waals surface area contributed by atoms with E-state index in [9.17, 15) is 9.59 Å². The minimum absolute atomic E-state index is 0.268. The van der Waals surface area contributed by atoms with Crippen LogP contribution in [0.4, 0.5) is 0 Å². The van der Waals surface area contributed by atoms with Gasteiger partial charge in [0.25, 0.3) is 0 Å². The summed E-state index contributed by atoms with van der Waals surface area (Å²) in [6.45, 7) is 4.36. The molecular formula is C28H40N2O2S2. The van der Waals surface area contributed by atoms with Crippen LogP contribution in [0.1, 0.15) is 101 Å². The normalized spacial score (nSPS) is 12.9. The summed E-state index contributed by atoms with van der Waals surface area (Å²) < 4.78 is 0. The molecule has 0 fully saturated rings. The molecule has 0 saturated heterocycles. The second-order valence-corrected chi connectivity index (χ2v) is 11.1. The molecule has 2 aromatic rings. The molecule has 4 nitrogen and oxygen atoms in total. The summed E-state index contributed by atoms with van der Waals surface area (Å²) >= 11 is 0. The lowest BCUT2D eigenvalue weighted by Gasteiger charge is -2.19. The van der Waals surface area contributed by atoms with Crippen LogP contribution in [0.3, 0.4) is 0 Å². The van der Waals surface area contributed by atoms with E-state index in [4.69, 9.17) is 11.5 Å². The van der Waals surface area contributed by atoms with Gasteiger partial charge in [0.1, 0.15) is 0 Å². The van der Waals surface area contributed by atoms with Crippen LogP contribution < -0.4 is 11.5 Å². The van der Waals surface area contributed by atoms with E-state index in [0.29, 0.717) is 0 Å². The average Bonchev–Trinajstić information content (AvgIpc) is 2.83. The summed E-state index contributed by atoms with van der Waals surface area (Å²) in [5, 5.41) is 0. The van der Waals surface area contributed by atoms with E-state index >= 15 is 0 Å². The number of benzene rings is 2. The Hall–Kier alpha value is -1.92. The predicted octanol–water partition coefficient (Wildman–Crippen LogP) is 7.56.